The number of hydrogen-bond acceptors (Lipinski definition) is 7. The quantitative estimate of drug-likeness (QED) is 0.678. The van der Waals surface area contributed by atoms with Crippen LogP contribution in [0.25, 0.3) is 11.3 Å². The topological polar surface area (TPSA) is 95.3 Å². The van der Waals surface area contributed by atoms with Crippen LogP contribution in [-0.2, 0) is 19.5 Å². The van der Waals surface area contributed by atoms with Crippen molar-refractivity contribution in [3.63, 3.8) is 0 Å². The first-order valence-electron chi connectivity index (χ1n) is 8.88. The van der Waals surface area contributed by atoms with Gasteiger partial charge in [0.2, 0.25) is 10.0 Å². The first kappa shape index (κ1) is 18.0. The second kappa shape index (κ2) is 7.05. The molecule has 0 radical (unpaired) electrons. The average Bonchev–Trinajstić information content (AvgIpc) is 3.48. The number of rotatable bonds is 5. The zero-order chi connectivity index (χ0) is 19.1. The number of hydrogen-bond donors (Lipinski definition) is 1. The molecule has 0 bridgehead atoms. The van der Waals surface area contributed by atoms with E-state index >= 15 is 0 Å². The lowest BCUT2D eigenvalue weighted by molar-refractivity contribution is 0.0624. The molecule has 4 heterocycles. The summed E-state index contributed by atoms with van der Waals surface area (Å²) < 4.78 is 41.6. The molecule has 1 aromatic carbocycles. The van der Waals surface area contributed by atoms with Crippen molar-refractivity contribution >= 4 is 21.4 Å². The standard InChI is InChI=1S/C18H18N4O4S2/c23-28(24,16-7-4-8-27-16)20-14-10-25-18-15(11-26-17(14)18)22-9-13(19-21-22)12-5-2-1-3-6-12/h1-9,14-15,17-18,20H,10-11H2. The number of aromatic nitrogens is 3. The van der Waals surface area contributed by atoms with Crippen LogP contribution in [0.1, 0.15) is 6.04 Å². The molecule has 2 saturated heterocycles. The fourth-order valence-corrected chi connectivity index (χ4v) is 5.90. The number of nitrogens with zero attached hydrogens (tertiary/aromatic N) is 3. The third kappa shape index (κ3) is 3.16. The van der Waals surface area contributed by atoms with E-state index in [0.29, 0.717) is 6.61 Å². The Morgan fingerprint density at radius 3 is 2.68 bits per heavy atom. The van der Waals surface area contributed by atoms with Crippen molar-refractivity contribution in [2.45, 2.75) is 28.5 Å². The van der Waals surface area contributed by atoms with Crippen LogP contribution in [0.5, 0.6) is 0 Å². The largest absolute Gasteiger partial charge is 0.371 e. The Morgan fingerprint density at radius 1 is 1.07 bits per heavy atom. The third-order valence-electron chi connectivity index (χ3n) is 5.01. The monoisotopic (exact) mass is 418 g/mol. The summed E-state index contributed by atoms with van der Waals surface area (Å²) in [5.41, 5.74) is 1.76. The van der Waals surface area contributed by atoms with Crippen molar-refractivity contribution in [3.05, 3.63) is 54.0 Å². The molecule has 0 spiro atoms. The smallest absolute Gasteiger partial charge is 0.250 e. The van der Waals surface area contributed by atoms with Gasteiger partial charge in [0.15, 0.2) is 0 Å². The zero-order valence-electron chi connectivity index (χ0n) is 14.7. The number of fused-ring (bicyclic) bond motifs is 1. The molecule has 1 N–H and O–H groups in total. The number of nitrogens with one attached hydrogen (secondary N) is 1. The van der Waals surface area contributed by atoms with E-state index in [1.54, 1.807) is 22.2 Å². The summed E-state index contributed by atoms with van der Waals surface area (Å²) in [4.78, 5) is 0. The molecule has 8 nitrogen and oxygen atoms in total. The molecule has 4 atom stereocenters. The third-order valence-corrected chi connectivity index (χ3v) is 7.90. The molecule has 0 aliphatic carbocycles. The van der Waals surface area contributed by atoms with Crippen molar-refractivity contribution in [1.29, 1.82) is 0 Å². The SMILES string of the molecule is O=S(=O)(NC1COC2C1OCC2n1cc(-c2ccccc2)nn1)c1cccs1. The minimum absolute atomic E-state index is 0.147. The number of ether oxygens (including phenoxy) is 2. The van der Waals surface area contributed by atoms with Crippen molar-refractivity contribution in [3.8, 4) is 11.3 Å². The highest BCUT2D eigenvalue weighted by Crippen LogP contribution is 2.35. The minimum atomic E-state index is -3.58. The lowest BCUT2D eigenvalue weighted by Crippen LogP contribution is -2.43. The van der Waals surface area contributed by atoms with Gasteiger partial charge in [-0.1, -0.05) is 41.6 Å². The normalized spacial score (nSPS) is 27.1. The van der Waals surface area contributed by atoms with E-state index in [2.05, 4.69) is 15.0 Å². The number of thiophene rings is 1. The summed E-state index contributed by atoms with van der Waals surface area (Å²) in [6.07, 6.45) is 1.24. The van der Waals surface area contributed by atoms with Gasteiger partial charge in [-0.2, -0.15) is 0 Å². The fraction of sp³-hybridized carbons (Fsp3) is 0.333. The van der Waals surface area contributed by atoms with Gasteiger partial charge >= 0.3 is 0 Å². The molecular weight excluding hydrogens is 400 g/mol. The maximum Gasteiger partial charge on any atom is 0.250 e. The van der Waals surface area contributed by atoms with Crippen LogP contribution in [0.4, 0.5) is 0 Å². The van der Waals surface area contributed by atoms with E-state index in [9.17, 15) is 8.42 Å². The van der Waals surface area contributed by atoms with Crippen LogP contribution in [0.15, 0.2) is 58.3 Å². The molecule has 5 rings (SSSR count). The lowest BCUT2D eigenvalue weighted by atomic mass is 10.1. The van der Waals surface area contributed by atoms with Gasteiger partial charge in [0.05, 0.1) is 25.5 Å². The zero-order valence-corrected chi connectivity index (χ0v) is 16.3. The second-order valence-corrected chi connectivity index (χ2v) is 9.66. The van der Waals surface area contributed by atoms with Crippen molar-refractivity contribution in [2.75, 3.05) is 13.2 Å². The molecule has 2 fully saturated rings. The Bertz CT molecular complexity index is 1050. The van der Waals surface area contributed by atoms with Crippen LogP contribution in [0.2, 0.25) is 0 Å². The second-order valence-electron chi connectivity index (χ2n) is 6.77. The highest BCUT2D eigenvalue weighted by atomic mass is 32.2. The molecule has 3 aromatic rings. The van der Waals surface area contributed by atoms with Crippen LogP contribution in [-0.4, -0.2) is 54.9 Å². The molecule has 2 aliphatic rings. The van der Waals surface area contributed by atoms with E-state index in [1.165, 1.54) is 11.3 Å². The molecule has 0 amide bonds. The molecule has 146 valence electrons. The molecule has 0 saturated carbocycles. The Labute approximate surface area is 166 Å². The van der Waals surface area contributed by atoms with Crippen LogP contribution in [0.3, 0.4) is 0 Å². The molecule has 4 unspecified atom stereocenters. The van der Waals surface area contributed by atoms with Gasteiger partial charge in [0.25, 0.3) is 0 Å². The van der Waals surface area contributed by atoms with E-state index in [1.807, 2.05) is 36.5 Å². The predicted octanol–water partition coefficient (Wildman–Crippen LogP) is 1.69. The summed E-state index contributed by atoms with van der Waals surface area (Å²) in [7, 11) is -3.58. The van der Waals surface area contributed by atoms with Crippen LogP contribution < -0.4 is 4.72 Å². The molecule has 28 heavy (non-hydrogen) atoms. The van der Waals surface area contributed by atoms with Gasteiger partial charge in [-0.3, -0.25) is 0 Å². The van der Waals surface area contributed by atoms with Gasteiger partial charge in [0.1, 0.15) is 28.2 Å². The van der Waals surface area contributed by atoms with Gasteiger partial charge < -0.3 is 9.47 Å². The van der Waals surface area contributed by atoms with Crippen molar-refractivity contribution in [1.82, 2.24) is 19.7 Å². The van der Waals surface area contributed by atoms with E-state index < -0.39 is 16.1 Å². The molecule has 2 aliphatic heterocycles. The summed E-state index contributed by atoms with van der Waals surface area (Å²) in [5, 5.41) is 10.2. The van der Waals surface area contributed by atoms with Gasteiger partial charge in [0, 0.05) is 5.56 Å². The highest BCUT2D eigenvalue weighted by molar-refractivity contribution is 7.91. The van der Waals surface area contributed by atoms with E-state index in [0.717, 1.165) is 11.3 Å². The summed E-state index contributed by atoms with van der Waals surface area (Å²) in [6.45, 7) is 0.654. The first-order chi connectivity index (χ1) is 13.6. The highest BCUT2D eigenvalue weighted by Gasteiger charge is 2.50. The summed E-state index contributed by atoms with van der Waals surface area (Å²) >= 11 is 1.18. The Kier molecular flexibility index (Phi) is 4.52. The predicted molar refractivity (Wildman–Crippen MR) is 102 cm³/mol. The molecular formula is C18H18N4O4S2. The minimum Gasteiger partial charge on any atom is -0.371 e. The van der Waals surface area contributed by atoms with Crippen molar-refractivity contribution < 1.29 is 17.9 Å². The summed E-state index contributed by atoms with van der Waals surface area (Å²) in [6, 6.07) is 12.5. The maximum absolute atomic E-state index is 12.5. The fourth-order valence-electron chi connectivity index (χ4n) is 3.66. The number of sulfonamides is 1. The average molecular weight is 419 g/mol. The Balaban J connectivity index is 1.32. The van der Waals surface area contributed by atoms with Gasteiger partial charge in [-0.25, -0.2) is 17.8 Å². The van der Waals surface area contributed by atoms with Crippen LogP contribution >= 0.6 is 11.3 Å². The first-order valence-corrected chi connectivity index (χ1v) is 11.2. The van der Waals surface area contributed by atoms with Gasteiger partial charge in [-0.05, 0) is 11.4 Å². The van der Waals surface area contributed by atoms with Crippen molar-refractivity contribution in [2.24, 2.45) is 0 Å². The Morgan fingerprint density at radius 2 is 1.89 bits per heavy atom. The molecule has 10 heteroatoms. The van der Waals surface area contributed by atoms with Crippen LogP contribution in [0, 0.1) is 0 Å². The maximum atomic E-state index is 12.5. The van der Waals surface area contributed by atoms with E-state index in [4.69, 9.17) is 9.47 Å². The molecule has 2 aromatic heterocycles. The summed E-state index contributed by atoms with van der Waals surface area (Å²) in [5.74, 6) is 0. The lowest BCUT2D eigenvalue weighted by Gasteiger charge is -2.17. The number of benzene rings is 1. The Hall–Kier alpha value is -2.11. The van der Waals surface area contributed by atoms with Gasteiger partial charge in [-0.15, -0.1) is 16.4 Å². The van der Waals surface area contributed by atoms with E-state index in [-0.39, 0.29) is 29.1 Å².